The van der Waals surface area contributed by atoms with Crippen LogP contribution in [0.4, 0.5) is 4.39 Å². The predicted molar refractivity (Wildman–Crippen MR) is 37.8 cm³/mol. The van der Waals surface area contributed by atoms with Gasteiger partial charge in [-0.05, 0) is 12.8 Å². The first-order chi connectivity index (χ1) is 4.86. The third-order valence-corrected chi connectivity index (χ3v) is 1.96. The summed E-state index contributed by atoms with van der Waals surface area (Å²) in [7, 11) is 1.72. The van der Waals surface area contributed by atoms with Gasteiger partial charge in [-0.2, -0.15) is 0 Å². The highest BCUT2D eigenvalue weighted by molar-refractivity contribution is 4.85. The van der Waals surface area contributed by atoms with Gasteiger partial charge in [-0.3, -0.25) is 0 Å². The van der Waals surface area contributed by atoms with E-state index in [0.29, 0.717) is 18.7 Å². The van der Waals surface area contributed by atoms with Crippen LogP contribution in [0, 0.1) is 0 Å². The molecule has 0 aromatic heterocycles. The lowest BCUT2D eigenvalue weighted by atomic mass is 9.89. The molecule has 0 atom stereocenters. The normalized spacial score (nSPS) is 31.8. The van der Waals surface area contributed by atoms with Crippen molar-refractivity contribution in [2.45, 2.75) is 25.0 Å². The molecule has 60 valence electrons. The van der Waals surface area contributed by atoms with E-state index in [2.05, 4.69) is 5.32 Å². The molecule has 0 unspecified atom stereocenters. The molecule has 1 aliphatic rings. The SMILES string of the molecule is COC1CC(NCCF)C1. The second kappa shape index (κ2) is 3.88. The summed E-state index contributed by atoms with van der Waals surface area (Å²) in [4.78, 5) is 0. The van der Waals surface area contributed by atoms with Crippen LogP contribution in [0.2, 0.25) is 0 Å². The van der Waals surface area contributed by atoms with Gasteiger partial charge in [0.15, 0.2) is 0 Å². The monoisotopic (exact) mass is 147 g/mol. The van der Waals surface area contributed by atoms with Crippen molar-refractivity contribution in [3.63, 3.8) is 0 Å². The molecule has 0 bridgehead atoms. The van der Waals surface area contributed by atoms with Crippen LogP contribution >= 0.6 is 0 Å². The van der Waals surface area contributed by atoms with Crippen molar-refractivity contribution in [1.82, 2.24) is 5.32 Å². The quantitative estimate of drug-likeness (QED) is 0.632. The Morgan fingerprint density at radius 1 is 1.60 bits per heavy atom. The van der Waals surface area contributed by atoms with Gasteiger partial charge in [-0.1, -0.05) is 0 Å². The number of hydrogen-bond donors (Lipinski definition) is 1. The van der Waals surface area contributed by atoms with E-state index in [1.54, 1.807) is 7.11 Å². The van der Waals surface area contributed by atoms with Gasteiger partial charge < -0.3 is 10.1 Å². The summed E-state index contributed by atoms with van der Waals surface area (Å²) in [6.45, 7) is 0.218. The lowest BCUT2D eigenvalue weighted by molar-refractivity contribution is 0.0172. The van der Waals surface area contributed by atoms with Crippen molar-refractivity contribution < 1.29 is 9.13 Å². The zero-order valence-electron chi connectivity index (χ0n) is 6.27. The maximum atomic E-state index is 11.6. The molecule has 2 nitrogen and oxygen atoms in total. The first kappa shape index (κ1) is 7.95. The van der Waals surface area contributed by atoms with Crippen molar-refractivity contribution in [1.29, 1.82) is 0 Å². The Morgan fingerprint density at radius 3 is 2.80 bits per heavy atom. The van der Waals surface area contributed by atoms with Crippen molar-refractivity contribution in [2.24, 2.45) is 0 Å². The minimum absolute atomic E-state index is 0.270. The van der Waals surface area contributed by atoms with E-state index in [4.69, 9.17) is 4.74 Å². The summed E-state index contributed by atoms with van der Waals surface area (Å²) in [5, 5.41) is 3.08. The third kappa shape index (κ3) is 1.92. The van der Waals surface area contributed by atoms with Gasteiger partial charge in [0.05, 0.1) is 6.10 Å². The van der Waals surface area contributed by atoms with Crippen LogP contribution in [-0.4, -0.2) is 32.5 Å². The Balaban J connectivity index is 1.93. The van der Waals surface area contributed by atoms with E-state index in [0.717, 1.165) is 12.8 Å². The number of hydrogen-bond acceptors (Lipinski definition) is 2. The number of nitrogens with one attached hydrogen (secondary N) is 1. The third-order valence-electron chi connectivity index (χ3n) is 1.96. The second-order valence-electron chi connectivity index (χ2n) is 2.67. The van der Waals surface area contributed by atoms with Crippen LogP contribution < -0.4 is 5.32 Å². The molecule has 3 heteroatoms. The fraction of sp³-hybridized carbons (Fsp3) is 1.00. The van der Waals surface area contributed by atoms with Crippen molar-refractivity contribution in [2.75, 3.05) is 20.3 Å². The topological polar surface area (TPSA) is 21.3 Å². The number of methoxy groups -OCH3 is 1. The van der Waals surface area contributed by atoms with Gasteiger partial charge in [0.1, 0.15) is 6.67 Å². The van der Waals surface area contributed by atoms with Crippen molar-refractivity contribution >= 4 is 0 Å². The molecule has 0 spiro atoms. The summed E-state index contributed by atoms with van der Waals surface area (Å²) in [6, 6.07) is 0.501. The molecule has 1 fully saturated rings. The van der Waals surface area contributed by atoms with Crippen LogP contribution in [0.3, 0.4) is 0 Å². The van der Waals surface area contributed by atoms with Crippen LogP contribution in [0.5, 0.6) is 0 Å². The van der Waals surface area contributed by atoms with Gasteiger partial charge in [-0.25, -0.2) is 4.39 Å². The average Bonchev–Trinajstić information content (AvgIpc) is 1.86. The fourth-order valence-electron chi connectivity index (χ4n) is 1.18. The van der Waals surface area contributed by atoms with Crippen LogP contribution in [-0.2, 0) is 4.74 Å². The number of halogens is 1. The summed E-state index contributed by atoms with van der Waals surface area (Å²) in [5.74, 6) is 0. The number of rotatable bonds is 4. The zero-order chi connectivity index (χ0) is 7.40. The first-order valence-electron chi connectivity index (χ1n) is 3.69. The molecule has 10 heavy (non-hydrogen) atoms. The Bertz CT molecular complexity index is 90.9. The Morgan fingerprint density at radius 2 is 2.30 bits per heavy atom. The van der Waals surface area contributed by atoms with Gasteiger partial charge >= 0.3 is 0 Å². The average molecular weight is 147 g/mol. The molecule has 0 amide bonds. The first-order valence-corrected chi connectivity index (χ1v) is 3.69. The highest BCUT2D eigenvalue weighted by atomic mass is 19.1. The molecule has 0 aliphatic heterocycles. The summed E-state index contributed by atoms with van der Waals surface area (Å²) < 4.78 is 16.7. The Labute approximate surface area is 60.8 Å². The molecule has 1 N–H and O–H groups in total. The Hall–Kier alpha value is -0.150. The van der Waals surface area contributed by atoms with E-state index >= 15 is 0 Å². The molecule has 0 saturated heterocycles. The molecular weight excluding hydrogens is 133 g/mol. The summed E-state index contributed by atoms with van der Waals surface area (Å²) in [5.41, 5.74) is 0. The smallest absolute Gasteiger partial charge is 0.102 e. The maximum absolute atomic E-state index is 11.6. The molecule has 0 heterocycles. The largest absolute Gasteiger partial charge is 0.381 e. The molecule has 0 aromatic carbocycles. The Kier molecular flexibility index (Phi) is 3.09. The molecule has 0 radical (unpaired) electrons. The highest BCUT2D eigenvalue weighted by Crippen LogP contribution is 2.21. The lowest BCUT2D eigenvalue weighted by Gasteiger charge is -2.34. The van der Waals surface area contributed by atoms with Gasteiger partial charge in [0.25, 0.3) is 0 Å². The second-order valence-corrected chi connectivity index (χ2v) is 2.67. The summed E-state index contributed by atoms with van der Waals surface area (Å²) >= 11 is 0. The molecule has 0 aromatic rings. The van der Waals surface area contributed by atoms with E-state index < -0.39 is 0 Å². The zero-order valence-corrected chi connectivity index (χ0v) is 6.27. The van der Waals surface area contributed by atoms with Gasteiger partial charge in [0, 0.05) is 19.7 Å². The molecule has 1 rings (SSSR count). The van der Waals surface area contributed by atoms with Crippen LogP contribution in [0.25, 0.3) is 0 Å². The fourth-order valence-corrected chi connectivity index (χ4v) is 1.18. The number of ether oxygens (including phenoxy) is 1. The van der Waals surface area contributed by atoms with Crippen molar-refractivity contribution in [3.8, 4) is 0 Å². The summed E-state index contributed by atoms with van der Waals surface area (Å²) in [6.07, 6.45) is 2.49. The van der Waals surface area contributed by atoms with E-state index in [1.807, 2.05) is 0 Å². The molecule has 1 saturated carbocycles. The number of alkyl halides is 1. The lowest BCUT2D eigenvalue weighted by Crippen LogP contribution is -2.45. The van der Waals surface area contributed by atoms with Crippen LogP contribution in [0.15, 0.2) is 0 Å². The van der Waals surface area contributed by atoms with E-state index in [1.165, 1.54) is 0 Å². The van der Waals surface area contributed by atoms with Gasteiger partial charge in [-0.15, -0.1) is 0 Å². The molecular formula is C7H14FNO. The molecule has 1 aliphatic carbocycles. The van der Waals surface area contributed by atoms with Gasteiger partial charge in [0.2, 0.25) is 0 Å². The standard InChI is InChI=1S/C7H14FNO/c1-10-7-4-6(5-7)9-3-2-8/h6-7,9H,2-5H2,1H3. The maximum Gasteiger partial charge on any atom is 0.102 e. The van der Waals surface area contributed by atoms with E-state index in [-0.39, 0.29) is 6.67 Å². The highest BCUT2D eigenvalue weighted by Gasteiger charge is 2.27. The minimum Gasteiger partial charge on any atom is -0.381 e. The predicted octanol–water partition coefficient (Wildman–Crippen LogP) is 0.723. The van der Waals surface area contributed by atoms with Crippen LogP contribution in [0.1, 0.15) is 12.8 Å². The minimum atomic E-state index is -0.270. The van der Waals surface area contributed by atoms with E-state index in [9.17, 15) is 4.39 Å². The van der Waals surface area contributed by atoms with Crippen molar-refractivity contribution in [3.05, 3.63) is 0 Å².